The highest BCUT2D eigenvalue weighted by atomic mass is 16.5. The van der Waals surface area contributed by atoms with Gasteiger partial charge in [-0.15, -0.1) is 0 Å². The van der Waals surface area contributed by atoms with Crippen LogP contribution in [0.3, 0.4) is 0 Å². The summed E-state index contributed by atoms with van der Waals surface area (Å²) < 4.78 is 5.44. The second kappa shape index (κ2) is 6.16. The van der Waals surface area contributed by atoms with Gasteiger partial charge in [0.1, 0.15) is 5.82 Å². The molecule has 4 rings (SSSR count). The third kappa shape index (κ3) is 3.01. The van der Waals surface area contributed by atoms with Crippen LogP contribution >= 0.6 is 0 Å². The van der Waals surface area contributed by atoms with Gasteiger partial charge in [-0.3, -0.25) is 0 Å². The average molecular weight is 310 g/mol. The van der Waals surface area contributed by atoms with Crippen LogP contribution in [-0.4, -0.2) is 42.8 Å². The van der Waals surface area contributed by atoms with Crippen molar-refractivity contribution in [2.24, 2.45) is 0 Å². The lowest BCUT2D eigenvalue weighted by atomic mass is 10.0. The molecule has 0 aliphatic carbocycles. The molecule has 0 amide bonds. The summed E-state index contributed by atoms with van der Waals surface area (Å²) >= 11 is 0. The Morgan fingerprint density at radius 1 is 0.957 bits per heavy atom. The largest absolute Gasteiger partial charge is 0.378 e. The van der Waals surface area contributed by atoms with E-state index >= 15 is 0 Å². The van der Waals surface area contributed by atoms with Crippen LogP contribution in [-0.2, 0) is 17.7 Å². The number of aryl methyl sites for hydroxylation is 1. The Hall–Kier alpha value is -2.14. The van der Waals surface area contributed by atoms with Crippen LogP contribution in [0, 0.1) is 6.92 Å². The predicted molar refractivity (Wildman–Crippen MR) is 91.0 cm³/mol. The van der Waals surface area contributed by atoms with Crippen molar-refractivity contribution in [1.82, 2.24) is 9.97 Å². The molecule has 2 aliphatic heterocycles. The summed E-state index contributed by atoms with van der Waals surface area (Å²) in [6.45, 7) is 7.26. The van der Waals surface area contributed by atoms with Crippen molar-refractivity contribution in [2.75, 3.05) is 42.6 Å². The molecule has 0 atom stereocenters. The van der Waals surface area contributed by atoms with Crippen molar-refractivity contribution < 1.29 is 4.74 Å². The molecule has 120 valence electrons. The summed E-state index contributed by atoms with van der Waals surface area (Å²) in [5.41, 5.74) is 3.86. The molecule has 2 aromatic rings. The highest BCUT2D eigenvalue weighted by Crippen LogP contribution is 2.24. The van der Waals surface area contributed by atoms with E-state index in [1.807, 2.05) is 6.92 Å². The van der Waals surface area contributed by atoms with Gasteiger partial charge in [0.05, 0.1) is 13.2 Å². The van der Waals surface area contributed by atoms with Crippen LogP contribution in [0.25, 0.3) is 0 Å². The van der Waals surface area contributed by atoms with Crippen molar-refractivity contribution in [3.8, 4) is 0 Å². The van der Waals surface area contributed by atoms with Gasteiger partial charge in [-0.2, -0.15) is 4.98 Å². The number of nitrogens with zero attached hydrogens (tertiary/aromatic N) is 4. The number of rotatable bonds is 2. The van der Waals surface area contributed by atoms with Crippen molar-refractivity contribution in [3.05, 3.63) is 47.2 Å². The SMILES string of the molecule is Cc1cc(N2CCOCC2)nc(N2CCc3ccccc3C2)n1. The van der Waals surface area contributed by atoms with Gasteiger partial charge in [-0.05, 0) is 24.5 Å². The van der Waals surface area contributed by atoms with E-state index in [0.29, 0.717) is 0 Å². The molecule has 0 spiro atoms. The van der Waals surface area contributed by atoms with Crippen molar-refractivity contribution in [3.63, 3.8) is 0 Å². The molecule has 1 aromatic heterocycles. The minimum atomic E-state index is 0.773. The first kappa shape index (κ1) is 14.5. The molecule has 0 saturated carbocycles. The maximum absolute atomic E-state index is 5.44. The fourth-order valence-corrected chi connectivity index (χ4v) is 3.30. The Bertz CT molecular complexity index is 697. The van der Waals surface area contributed by atoms with Gasteiger partial charge in [0, 0.05) is 37.9 Å². The quantitative estimate of drug-likeness (QED) is 0.850. The number of hydrogen-bond acceptors (Lipinski definition) is 5. The summed E-state index contributed by atoms with van der Waals surface area (Å²) in [6.07, 6.45) is 1.06. The Balaban J connectivity index is 1.60. The molecule has 3 heterocycles. The standard InChI is InChI=1S/C18H22N4O/c1-14-12-17(21-8-10-23-11-9-21)20-18(19-14)22-7-6-15-4-2-3-5-16(15)13-22/h2-5,12H,6-11,13H2,1H3. The number of morpholine rings is 1. The van der Waals surface area contributed by atoms with Gasteiger partial charge in [-0.25, -0.2) is 4.98 Å². The van der Waals surface area contributed by atoms with Crippen LogP contribution in [0.5, 0.6) is 0 Å². The first-order valence-corrected chi connectivity index (χ1v) is 8.30. The lowest BCUT2D eigenvalue weighted by molar-refractivity contribution is 0.122. The minimum Gasteiger partial charge on any atom is -0.378 e. The first-order chi connectivity index (χ1) is 11.3. The minimum absolute atomic E-state index is 0.773. The Labute approximate surface area is 136 Å². The van der Waals surface area contributed by atoms with E-state index in [9.17, 15) is 0 Å². The van der Waals surface area contributed by atoms with Crippen LogP contribution in [0.2, 0.25) is 0 Å². The third-order valence-corrected chi connectivity index (χ3v) is 4.58. The summed E-state index contributed by atoms with van der Waals surface area (Å²) in [5, 5.41) is 0. The fraction of sp³-hybridized carbons (Fsp3) is 0.444. The first-order valence-electron chi connectivity index (χ1n) is 8.30. The van der Waals surface area contributed by atoms with E-state index in [2.05, 4.69) is 45.1 Å². The fourth-order valence-electron chi connectivity index (χ4n) is 3.30. The number of fused-ring (bicyclic) bond motifs is 1. The molecule has 5 heteroatoms. The zero-order valence-corrected chi connectivity index (χ0v) is 13.5. The Kier molecular flexibility index (Phi) is 3.87. The van der Waals surface area contributed by atoms with Gasteiger partial charge in [0.25, 0.3) is 0 Å². The average Bonchev–Trinajstić information content (AvgIpc) is 2.61. The molecule has 1 fully saturated rings. The lowest BCUT2D eigenvalue weighted by Crippen LogP contribution is -2.37. The number of aromatic nitrogens is 2. The number of hydrogen-bond donors (Lipinski definition) is 0. The maximum Gasteiger partial charge on any atom is 0.227 e. The van der Waals surface area contributed by atoms with Crippen LogP contribution < -0.4 is 9.80 Å². The zero-order chi connectivity index (χ0) is 15.6. The molecule has 1 aromatic carbocycles. The molecule has 0 radical (unpaired) electrons. The van der Waals surface area contributed by atoms with Crippen LogP contribution in [0.4, 0.5) is 11.8 Å². The van der Waals surface area contributed by atoms with Gasteiger partial charge in [0.15, 0.2) is 0 Å². The monoisotopic (exact) mass is 310 g/mol. The van der Waals surface area contributed by atoms with Gasteiger partial charge in [0.2, 0.25) is 5.95 Å². The molecule has 0 unspecified atom stereocenters. The molecular formula is C18H22N4O. The van der Waals surface area contributed by atoms with E-state index in [0.717, 1.165) is 63.3 Å². The molecule has 0 bridgehead atoms. The highest BCUT2D eigenvalue weighted by Gasteiger charge is 2.20. The normalized spacial score (nSPS) is 18.0. The van der Waals surface area contributed by atoms with Crippen molar-refractivity contribution in [1.29, 1.82) is 0 Å². The number of ether oxygens (including phenoxy) is 1. The predicted octanol–water partition coefficient (Wildman–Crippen LogP) is 2.18. The van der Waals surface area contributed by atoms with E-state index in [1.165, 1.54) is 11.1 Å². The number of anilines is 2. The summed E-state index contributed by atoms with van der Waals surface area (Å²) in [5.74, 6) is 1.87. The van der Waals surface area contributed by atoms with Gasteiger partial charge >= 0.3 is 0 Å². The van der Waals surface area contributed by atoms with E-state index in [4.69, 9.17) is 9.72 Å². The van der Waals surface area contributed by atoms with Crippen molar-refractivity contribution >= 4 is 11.8 Å². The molecule has 5 nitrogen and oxygen atoms in total. The smallest absolute Gasteiger partial charge is 0.227 e. The van der Waals surface area contributed by atoms with Gasteiger partial charge < -0.3 is 14.5 Å². The second-order valence-electron chi connectivity index (χ2n) is 6.21. The van der Waals surface area contributed by atoms with Crippen LogP contribution in [0.15, 0.2) is 30.3 Å². The van der Waals surface area contributed by atoms with Crippen LogP contribution in [0.1, 0.15) is 16.8 Å². The summed E-state index contributed by atoms with van der Waals surface area (Å²) in [7, 11) is 0. The zero-order valence-electron chi connectivity index (χ0n) is 13.5. The summed E-state index contributed by atoms with van der Waals surface area (Å²) in [6, 6.07) is 10.7. The summed E-state index contributed by atoms with van der Waals surface area (Å²) in [4.78, 5) is 14.1. The highest BCUT2D eigenvalue weighted by molar-refractivity contribution is 5.48. The molecule has 0 N–H and O–H groups in total. The molecule has 1 saturated heterocycles. The number of benzene rings is 1. The molecular weight excluding hydrogens is 288 g/mol. The Morgan fingerprint density at radius 3 is 2.57 bits per heavy atom. The Morgan fingerprint density at radius 2 is 1.74 bits per heavy atom. The topological polar surface area (TPSA) is 41.5 Å². The molecule has 2 aliphatic rings. The van der Waals surface area contributed by atoms with E-state index in [-0.39, 0.29) is 0 Å². The van der Waals surface area contributed by atoms with E-state index < -0.39 is 0 Å². The maximum atomic E-state index is 5.44. The van der Waals surface area contributed by atoms with Gasteiger partial charge in [-0.1, -0.05) is 24.3 Å². The molecule has 23 heavy (non-hydrogen) atoms. The van der Waals surface area contributed by atoms with Crippen molar-refractivity contribution in [2.45, 2.75) is 19.9 Å². The second-order valence-corrected chi connectivity index (χ2v) is 6.21. The lowest BCUT2D eigenvalue weighted by Gasteiger charge is -2.31. The third-order valence-electron chi connectivity index (χ3n) is 4.58. The van der Waals surface area contributed by atoms with E-state index in [1.54, 1.807) is 0 Å².